The Bertz CT molecular complexity index is 265. The summed E-state index contributed by atoms with van der Waals surface area (Å²) in [4.78, 5) is 0. The molecule has 0 unspecified atom stereocenters. The minimum absolute atomic E-state index is 0. The monoisotopic (exact) mass is 231 g/mol. The van der Waals surface area contributed by atoms with Crippen molar-refractivity contribution in [1.29, 1.82) is 0 Å². The van der Waals surface area contributed by atoms with Crippen LogP contribution in [0.1, 0.15) is 0 Å². The van der Waals surface area contributed by atoms with E-state index >= 15 is 0 Å². The van der Waals surface area contributed by atoms with Crippen LogP contribution in [0.5, 0.6) is 0 Å². The Labute approximate surface area is 105 Å². The molecule has 68 valence electrons. The number of benzene rings is 1. The van der Waals surface area contributed by atoms with Crippen LogP contribution in [0.3, 0.4) is 0 Å². The van der Waals surface area contributed by atoms with Crippen molar-refractivity contribution in [2.75, 3.05) is 0 Å². The van der Waals surface area contributed by atoms with E-state index in [1.54, 1.807) is 0 Å². The van der Waals surface area contributed by atoms with E-state index in [1.807, 2.05) is 40.6 Å². The van der Waals surface area contributed by atoms with Crippen LogP contribution in [-0.2, 0) is 10.3 Å². The van der Waals surface area contributed by atoms with Gasteiger partial charge in [-0.2, -0.15) is 0 Å². The maximum atomic E-state index is 9.26. The van der Waals surface area contributed by atoms with Gasteiger partial charge in [0.05, 0.1) is 0 Å². The van der Waals surface area contributed by atoms with E-state index in [4.69, 9.17) is 4.55 Å². The van der Waals surface area contributed by atoms with Gasteiger partial charge < -0.3 is 4.24 Å². The molecule has 1 aromatic rings. The van der Waals surface area contributed by atoms with Gasteiger partial charge in [0.15, 0.2) is 10.3 Å². The molecule has 1 N–H and O–H groups in total. The van der Waals surface area contributed by atoms with Gasteiger partial charge in [-0.05, 0) is 0 Å². The minimum Gasteiger partial charge on any atom is -0.438 e. The summed E-state index contributed by atoms with van der Waals surface area (Å²) in [5.41, 5.74) is 0. The van der Waals surface area contributed by atoms with Gasteiger partial charge in [-0.25, -0.2) is 8.42 Å². The summed E-state index contributed by atoms with van der Waals surface area (Å²) in [5, 5.41) is 0. The average Bonchev–Trinajstić information content (AvgIpc) is 2.07. The number of nitrogens with zero attached hydrogens (tertiary/aromatic N) is 1. The molecule has 0 fully saturated rings. The van der Waals surface area contributed by atoms with E-state index in [0.717, 1.165) is 0 Å². The van der Waals surface area contributed by atoms with E-state index < -0.39 is 10.3 Å². The van der Waals surface area contributed by atoms with Crippen molar-refractivity contribution >= 4 is 22.1 Å². The molecule has 1 rings (SSSR count). The molecule has 0 saturated heterocycles. The van der Waals surface area contributed by atoms with Gasteiger partial charge in [0.2, 0.25) is 0 Å². The van der Waals surface area contributed by atoms with Crippen LogP contribution >= 0.6 is 11.8 Å². The smallest absolute Gasteiger partial charge is 0.438 e. The largest absolute Gasteiger partial charge is 1.00 e. The second-order valence-electron chi connectivity index (χ2n) is 1.67. The molecule has 7 heteroatoms. The van der Waals surface area contributed by atoms with Crippen LogP contribution in [0.15, 0.2) is 36.4 Å². The molecule has 0 saturated carbocycles. The molecule has 0 atom stereocenters. The first kappa shape index (κ1) is 15.8. The third kappa shape index (κ3) is 15.2. The topological polar surface area (TPSA) is 68.5 Å². The summed E-state index contributed by atoms with van der Waals surface area (Å²) < 4.78 is 28.0. The minimum atomic E-state index is -4.27. The Morgan fingerprint density at radius 2 is 1.15 bits per heavy atom. The molecular weight excluding hydrogens is 225 g/mol. The van der Waals surface area contributed by atoms with Crippen molar-refractivity contribution in [3.63, 3.8) is 0 Å². The number of hydrogen-bond donors (Lipinski definition) is 1. The fourth-order valence-electron chi connectivity index (χ4n) is 0.385. The standard InChI is InChI=1S/C6H6.ClHNO3S.Na/c1-2-4-6-5-3-1;1-2-6(3,4)5;/h1-6H;(H,3,4,5);/q;-1;+1. The van der Waals surface area contributed by atoms with Crippen LogP contribution in [0.25, 0.3) is 4.24 Å². The Morgan fingerprint density at radius 3 is 1.23 bits per heavy atom. The molecule has 0 aromatic heterocycles. The SMILES string of the molecule is O=S(=O)(O)[N-]Cl.[Na+].c1ccccc1. The van der Waals surface area contributed by atoms with Crippen molar-refractivity contribution in [2.45, 2.75) is 0 Å². The number of halogens is 1. The van der Waals surface area contributed by atoms with Crippen LogP contribution in [0, 0.1) is 0 Å². The first-order valence-electron chi connectivity index (χ1n) is 2.87. The molecule has 0 bridgehead atoms. The van der Waals surface area contributed by atoms with Crippen molar-refractivity contribution in [1.82, 2.24) is 0 Å². The molecule has 0 aliphatic rings. The maximum absolute atomic E-state index is 9.26. The van der Waals surface area contributed by atoms with E-state index in [0.29, 0.717) is 0 Å². The molecule has 0 radical (unpaired) electrons. The molecule has 0 aliphatic carbocycles. The van der Waals surface area contributed by atoms with Gasteiger partial charge in [-0.3, -0.25) is 16.3 Å². The first-order chi connectivity index (χ1) is 5.56. The molecule has 0 heterocycles. The zero-order valence-corrected chi connectivity index (χ0v) is 10.5. The molecule has 4 nitrogen and oxygen atoms in total. The molecule has 0 amide bonds. The van der Waals surface area contributed by atoms with E-state index in [1.165, 1.54) is 0 Å². The summed E-state index contributed by atoms with van der Waals surface area (Å²) in [5.74, 6) is 0. The Kier molecular flexibility index (Phi) is 10.9. The van der Waals surface area contributed by atoms with Crippen molar-refractivity contribution < 1.29 is 42.5 Å². The van der Waals surface area contributed by atoms with Gasteiger partial charge >= 0.3 is 29.6 Å². The van der Waals surface area contributed by atoms with Crippen LogP contribution in [0.2, 0.25) is 0 Å². The molecule has 0 spiro atoms. The maximum Gasteiger partial charge on any atom is 1.00 e. The van der Waals surface area contributed by atoms with E-state index in [9.17, 15) is 8.42 Å². The summed E-state index contributed by atoms with van der Waals surface area (Å²) >= 11 is 4.26. The summed E-state index contributed by atoms with van der Waals surface area (Å²) in [6, 6.07) is 12.0. The van der Waals surface area contributed by atoms with Crippen molar-refractivity contribution in [3.8, 4) is 0 Å². The van der Waals surface area contributed by atoms with Gasteiger partial charge in [0.25, 0.3) is 0 Å². The van der Waals surface area contributed by atoms with Gasteiger partial charge in [-0.15, -0.1) is 0 Å². The molecule has 0 aliphatic heterocycles. The Balaban J connectivity index is 0. The Morgan fingerprint density at radius 1 is 1.00 bits per heavy atom. The summed E-state index contributed by atoms with van der Waals surface area (Å²) in [6.45, 7) is 0. The van der Waals surface area contributed by atoms with Gasteiger partial charge in [0, 0.05) is 0 Å². The average molecular weight is 232 g/mol. The zero-order valence-electron chi connectivity index (χ0n) is 6.96. The summed E-state index contributed by atoms with van der Waals surface area (Å²) in [7, 11) is -4.27. The third-order valence-electron chi connectivity index (χ3n) is 0.754. The van der Waals surface area contributed by atoms with Crippen molar-refractivity contribution in [2.24, 2.45) is 0 Å². The molecular formula is C6H7ClNNaO3S. The predicted molar refractivity (Wildman–Crippen MR) is 47.2 cm³/mol. The zero-order chi connectivity index (χ0) is 9.45. The fraction of sp³-hybridized carbons (Fsp3) is 0. The van der Waals surface area contributed by atoms with E-state index in [-0.39, 0.29) is 29.6 Å². The molecule has 1 aromatic carbocycles. The van der Waals surface area contributed by atoms with Crippen LogP contribution in [0.4, 0.5) is 0 Å². The first-order valence-corrected chi connectivity index (χ1v) is 4.60. The van der Waals surface area contributed by atoms with Crippen LogP contribution in [-0.4, -0.2) is 13.0 Å². The quantitative estimate of drug-likeness (QED) is 0.498. The normalized spacial score (nSPS) is 9.08. The number of rotatable bonds is 1. The van der Waals surface area contributed by atoms with Gasteiger partial charge in [0.1, 0.15) is 0 Å². The van der Waals surface area contributed by atoms with Crippen LogP contribution < -0.4 is 29.6 Å². The third-order valence-corrected chi connectivity index (χ3v) is 1.45. The molecule has 13 heavy (non-hydrogen) atoms. The second kappa shape index (κ2) is 8.96. The van der Waals surface area contributed by atoms with Crippen molar-refractivity contribution in [3.05, 3.63) is 40.6 Å². The second-order valence-corrected chi connectivity index (χ2v) is 3.12. The van der Waals surface area contributed by atoms with E-state index in [2.05, 4.69) is 11.8 Å². The summed E-state index contributed by atoms with van der Waals surface area (Å²) in [6.07, 6.45) is 0. The fourth-order valence-corrected chi connectivity index (χ4v) is 0.385. The Hall–Kier alpha value is 0.380. The predicted octanol–water partition coefficient (Wildman–Crippen LogP) is -0.993. The number of hydrogen-bond acceptors (Lipinski definition) is 2. The van der Waals surface area contributed by atoms with Gasteiger partial charge in [-0.1, -0.05) is 36.4 Å².